The van der Waals surface area contributed by atoms with Gasteiger partial charge < -0.3 is 13.9 Å². The van der Waals surface area contributed by atoms with Gasteiger partial charge in [-0.2, -0.15) is 0 Å². The lowest BCUT2D eigenvalue weighted by atomic mass is 9.80. The highest BCUT2D eigenvalue weighted by molar-refractivity contribution is 8.00. The Kier molecular flexibility index (Phi) is 5.93. The van der Waals surface area contributed by atoms with Crippen LogP contribution in [0.3, 0.4) is 0 Å². The molecule has 35 heavy (non-hydrogen) atoms. The molecule has 0 saturated carbocycles. The van der Waals surface area contributed by atoms with Crippen LogP contribution in [0.1, 0.15) is 40.9 Å². The number of carbonyl (C=O) groups is 1. The van der Waals surface area contributed by atoms with Crippen molar-refractivity contribution in [2.75, 3.05) is 10.6 Å². The molecule has 0 radical (unpaired) electrons. The molecule has 1 N–H and O–H groups in total. The maximum Gasteiger partial charge on any atom is 0.307 e. The van der Waals surface area contributed by atoms with E-state index in [-0.39, 0.29) is 12.5 Å². The number of hydrogen-bond donors (Lipinski definition) is 1. The molecule has 0 aliphatic carbocycles. The molecule has 1 aliphatic heterocycles. The smallest absolute Gasteiger partial charge is 0.307 e. The van der Waals surface area contributed by atoms with Crippen LogP contribution in [0.25, 0.3) is 33.6 Å². The van der Waals surface area contributed by atoms with Gasteiger partial charge in [-0.15, -0.1) is 0 Å². The summed E-state index contributed by atoms with van der Waals surface area (Å²) < 4.78 is 8.23. The summed E-state index contributed by atoms with van der Waals surface area (Å²) >= 11 is 1.62. The molecule has 4 aromatic rings. The van der Waals surface area contributed by atoms with Gasteiger partial charge >= 0.3 is 5.97 Å². The maximum atomic E-state index is 12.0. The van der Waals surface area contributed by atoms with E-state index < -0.39 is 5.97 Å². The number of aliphatic carboxylic acids is 1. The van der Waals surface area contributed by atoms with Gasteiger partial charge in [-0.1, -0.05) is 77.3 Å². The molecule has 5 nitrogen and oxygen atoms in total. The van der Waals surface area contributed by atoms with E-state index in [0.717, 1.165) is 67.2 Å². The van der Waals surface area contributed by atoms with Crippen LogP contribution in [-0.4, -0.2) is 22.5 Å². The highest BCUT2D eigenvalue weighted by atomic mass is 32.2. The van der Waals surface area contributed by atoms with Crippen LogP contribution in [0.4, 0.5) is 5.69 Å². The first kappa shape index (κ1) is 23.2. The van der Waals surface area contributed by atoms with Crippen molar-refractivity contribution in [1.82, 2.24) is 5.16 Å². The summed E-state index contributed by atoms with van der Waals surface area (Å²) in [5.74, 6) is -0.0891. The first-order valence-corrected chi connectivity index (χ1v) is 12.8. The number of carboxylic acid groups (broad SMARTS) is 1. The third kappa shape index (κ3) is 3.73. The lowest BCUT2D eigenvalue weighted by molar-refractivity contribution is -0.136. The molecule has 0 saturated heterocycles. The zero-order valence-corrected chi connectivity index (χ0v) is 21.4. The molecule has 0 bridgehead atoms. The van der Waals surface area contributed by atoms with Gasteiger partial charge in [0.2, 0.25) is 0 Å². The summed E-state index contributed by atoms with van der Waals surface area (Å²) in [6, 6.07) is 18.3. The molecule has 0 unspecified atom stereocenters. The first-order valence-electron chi connectivity index (χ1n) is 11.7. The van der Waals surface area contributed by atoms with Gasteiger partial charge in [-0.25, -0.2) is 0 Å². The van der Waals surface area contributed by atoms with Crippen LogP contribution in [0.5, 0.6) is 0 Å². The minimum atomic E-state index is -0.837. The van der Waals surface area contributed by atoms with Crippen molar-refractivity contribution < 1.29 is 14.4 Å². The second-order valence-electron chi connectivity index (χ2n) is 9.09. The number of benzene rings is 3. The standard InChI is InChI=1S/C29H28N2O3S/c1-16-11-13-20(14-12-16)24-18(3)25-26-27(30-34-29(26)21-9-7-6-8-10-21)19(4)31(35-5)28(25)17(2)22(24)15-23(32)33/h6-14,19H,15H2,1-5H3,(H,32,33)/t19-/m0/s1. The average molecular weight is 485 g/mol. The van der Waals surface area contributed by atoms with Gasteiger partial charge in [0, 0.05) is 17.4 Å². The van der Waals surface area contributed by atoms with Crippen LogP contribution in [-0.2, 0) is 11.2 Å². The Morgan fingerprint density at radius 3 is 2.29 bits per heavy atom. The molecule has 6 heteroatoms. The number of aromatic nitrogens is 1. The summed E-state index contributed by atoms with van der Waals surface area (Å²) in [6.45, 7) is 8.32. The third-order valence-electron chi connectivity index (χ3n) is 6.93. The Hall–Kier alpha value is -3.51. The van der Waals surface area contributed by atoms with E-state index in [1.807, 2.05) is 43.5 Å². The first-order chi connectivity index (χ1) is 16.8. The molecule has 5 rings (SSSR count). The van der Waals surface area contributed by atoms with Gasteiger partial charge in [0.25, 0.3) is 0 Å². The molecule has 2 heterocycles. The number of hydrogen-bond acceptors (Lipinski definition) is 5. The molecule has 0 spiro atoms. The van der Waals surface area contributed by atoms with E-state index in [0.29, 0.717) is 0 Å². The Balaban J connectivity index is 1.91. The zero-order valence-electron chi connectivity index (χ0n) is 20.5. The van der Waals surface area contributed by atoms with E-state index in [1.165, 1.54) is 0 Å². The van der Waals surface area contributed by atoms with Crippen LogP contribution in [0.2, 0.25) is 0 Å². The minimum Gasteiger partial charge on any atom is -0.481 e. The maximum absolute atomic E-state index is 12.0. The summed E-state index contributed by atoms with van der Waals surface area (Å²) in [5, 5.41) is 14.4. The van der Waals surface area contributed by atoms with E-state index in [9.17, 15) is 9.90 Å². The molecular weight excluding hydrogens is 456 g/mol. The van der Waals surface area contributed by atoms with Crippen molar-refractivity contribution in [3.05, 3.63) is 82.5 Å². The fraction of sp³-hybridized carbons (Fsp3) is 0.241. The highest BCUT2D eigenvalue weighted by Crippen LogP contribution is 2.55. The van der Waals surface area contributed by atoms with Crippen molar-refractivity contribution in [2.45, 2.75) is 40.2 Å². The third-order valence-corrected chi connectivity index (χ3v) is 7.83. The van der Waals surface area contributed by atoms with Crippen molar-refractivity contribution in [2.24, 2.45) is 0 Å². The minimum absolute atomic E-state index is 0.0327. The van der Waals surface area contributed by atoms with Crippen molar-refractivity contribution >= 4 is 23.6 Å². The SMILES string of the molecule is CSN1c2c(C)c(CC(=O)O)c(-c3ccc(C)cc3)c(C)c2-c2c(noc2-c2ccccc2)[C@@H]1C. The number of fused-ring (bicyclic) bond motifs is 3. The van der Waals surface area contributed by atoms with Crippen LogP contribution in [0, 0.1) is 20.8 Å². The Labute approximate surface area is 209 Å². The largest absolute Gasteiger partial charge is 0.481 e. The lowest BCUT2D eigenvalue weighted by Crippen LogP contribution is -2.26. The van der Waals surface area contributed by atoms with Crippen molar-refractivity contribution in [1.29, 1.82) is 0 Å². The summed E-state index contributed by atoms with van der Waals surface area (Å²) in [5.41, 5.74) is 11.0. The Morgan fingerprint density at radius 1 is 0.971 bits per heavy atom. The lowest BCUT2D eigenvalue weighted by Gasteiger charge is -2.37. The number of rotatable bonds is 5. The number of carboxylic acids is 1. The predicted octanol–water partition coefficient (Wildman–Crippen LogP) is 7.39. The molecule has 0 fully saturated rings. The van der Waals surface area contributed by atoms with E-state index in [4.69, 9.17) is 4.52 Å². The monoisotopic (exact) mass is 484 g/mol. The number of anilines is 1. The molecule has 178 valence electrons. The fourth-order valence-electron chi connectivity index (χ4n) is 5.28. The van der Waals surface area contributed by atoms with Gasteiger partial charge in [-0.05, 0) is 55.5 Å². The quantitative estimate of drug-likeness (QED) is 0.298. The second-order valence-corrected chi connectivity index (χ2v) is 9.84. The van der Waals surface area contributed by atoms with Crippen LogP contribution < -0.4 is 4.31 Å². The molecule has 1 atom stereocenters. The van der Waals surface area contributed by atoms with Gasteiger partial charge in [0.05, 0.1) is 23.7 Å². The predicted molar refractivity (Wildman–Crippen MR) is 143 cm³/mol. The van der Waals surface area contributed by atoms with Crippen molar-refractivity contribution in [3.63, 3.8) is 0 Å². The van der Waals surface area contributed by atoms with Gasteiger partial charge in [0.1, 0.15) is 5.69 Å². The molecule has 1 aliphatic rings. The average Bonchev–Trinajstić information content (AvgIpc) is 3.29. The topological polar surface area (TPSA) is 66.6 Å². The van der Waals surface area contributed by atoms with Crippen LogP contribution >= 0.6 is 11.9 Å². The molecule has 3 aromatic carbocycles. The number of aryl methyl sites for hydroxylation is 1. The summed E-state index contributed by atoms with van der Waals surface area (Å²) in [7, 11) is 0. The second kappa shape index (κ2) is 8.93. The summed E-state index contributed by atoms with van der Waals surface area (Å²) in [4.78, 5) is 12.0. The summed E-state index contributed by atoms with van der Waals surface area (Å²) in [6.07, 6.45) is 2.00. The molecular formula is C29H28N2O3S. The Bertz CT molecular complexity index is 1430. The van der Waals surface area contributed by atoms with Crippen molar-refractivity contribution in [3.8, 4) is 33.6 Å². The Morgan fingerprint density at radius 2 is 1.66 bits per heavy atom. The highest BCUT2D eigenvalue weighted by Gasteiger charge is 2.38. The fourth-order valence-corrected chi connectivity index (χ4v) is 6.11. The van der Waals surface area contributed by atoms with Gasteiger partial charge in [0.15, 0.2) is 5.76 Å². The normalized spacial score (nSPS) is 14.5. The van der Waals surface area contributed by atoms with E-state index in [2.05, 4.69) is 54.5 Å². The molecule has 1 aromatic heterocycles. The number of nitrogens with zero attached hydrogens (tertiary/aromatic N) is 2. The van der Waals surface area contributed by atoms with Gasteiger partial charge in [-0.3, -0.25) is 4.79 Å². The molecule has 0 amide bonds. The van der Waals surface area contributed by atoms with E-state index in [1.54, 1.807) is 11.9 Å². The van der Waals surface area contributed by atoms with Crippen LogP contribution in [0.15, 0.2) is 59.1 Å². The van der Waals surface area contributed by atoms with E-state index >= 15 is 0 Å². The zero-order chi connectivity index (χ0) is 24.9.